The van der Waals surface area contributed by atoms with Gasteiger partial charge in [0.2, 0.25) is 5.89 Å². The molecule has 0 saturated heterocycles. The van der Waals surface area contributed by atoms with Crippen LogP contribution in [0.4, 0.5) is 0 Å². The predicted molar refractivity (Wildman–Crippen MR) is 155 cm³/mol. The normalized spacial score (nSPS) is 11.1. The van der Waals surface area contributed by atoms with Gasteiger partial charge < -0.3 is 4.42 Å². The second-order valence-corrected chi connectivity index (χ2v) is 9.15. The van der Waals surface area contributed by atoms with E-state index in [-0.39, 0.29) is 0 Å². The third kappa shape index (κ3) is 4.47. The van der Waals surface area contributed by atoms with E-state index >= 15 is 0 Å². The van der Waals surface area contributed by atoms with E-state index in [1.54, 1.807) is 0 Å². The predicted octanol–water partition coefficient (Wildman–Crippen LogP) is 8.35. The maximum absolute atomic E-state index is 6.16. The molecule has 0 aliphatic carbocycles. The number of fused-ring (bicyclic) bond motifs is 1. The van der Waals surface area contributed by atoms with Gasteiger partial charge >= 0.3 is 0 Å². The van der Waals surface area contributed by atoms with Gasteiger partial charge in [0.05, 0.1) is 0 Å². The lowest BCUT2D eigenvalue weighted by molar-refractivity contribution is 0.620. The molecule has 0 fully saturated rings. The Bertz CT molecular complexity index is 1840. The molecule has 5 nitrogen and oxygen atoms in total. The number of benzene rings is 5. The number of aromatic nitrogens is 4. The van der Waals surface area contributed by atoms with Crippen molar-refractivity contribution in [1.29, 1.82) is 0 Å². The molecule has 0 atom stereocenters. The Kier molecular flexibility index (Phi) is 5.72. The van der Waals surface area contributed by atoms with E-state index < -0.39 is 0 Å². The molecule has 2 aromatic heterocycles. The molecule has 5 heteroatoms. The maximum atomic E-state index is 6.16. The van der Waals surface area contributed by atoms with Gasteiger partial charge in [-0.2, -0.15) is 0 Å². The third-order valence-corrected chi connectivity index (χ3v) is 6.59. The minimum absolute atomic E-state index is 0.605. The maximum Gasteiger partial charge on any atom is 0.227 e. The highest BCUT2D eigenvalue weighted by atomic mass is 16.3. The summed E-state index contributed by atoms with van der Waals surface area (Å²) in [5.74, 6) is 2.48. The van der Waals surface area contributed by atoms with E-state index in [4.69, 9.17) is 19.4 Å². The Labute approximate surface area is 225 Å². The lowest BCUT2D eigenvalue weighted by Gasteiger charge is -2.12. The topological polar surface area (TPSA) is 64.7 Å². The van der Waals surface area contributed by atoms with E-state index in [1.807, 2.05) is 121 Å². The zero-order chi connectivity index (χ0) is 26.0. The SMILES string of the molecule is c1ccc(-c2nc(-c3ccccc3)nc(-c3ccccc3-c3ccc4nc(-c5ccccc5)oc4c3)n2)cc1. The van der Waals surface area contributed by atoms with Gasteiger partial charge in [0.25, 0.3) is 0 Å². The first-order valence-electron chi connectivity index (χ1n) is 12.7. The van der Waals surface area contributed by atoms with Crippen LogP contribution in [0.3, 0.4) is 0 Å². The summed E-state index contributed by atoms with van der Waals surface area (Å²) in [6.45, 7) is 0. The molecule has 0 N–H and O–H groups in total. The zero-order valence-electron chi connectivity index (χ0n) is 20.9. The van der Waals surface area contributed by atoms with Gasteiger partial charge in [-0.1, -0.05) is 109 Å². The number of rotatable bonds is 5. The van der Waals surface area contributed by atoms with Gasteiger partial charge in [-0.05, 0) is 35.4 Å². The Morgan fingerprint density at radius 1 is 0.385 bits per heavy atom. The van der Waals surface area contributed by atoms with Crippen molar-refractivity contribution < 1.29 is 4.42 Å². The van der Waals surface area contributed by atoms with Gasteiger partial charge in [0.15, 0.2) is 23.1 Å². The first-order chi connectivity index (χ1) is 19.3. The van der Waals surface area contributed by atoms with Crippen molar-refractivity contribution in [3.8, 4) is 56.7 Å². The summed E-state index contributed by atoms with van der Waals surface area (Å²) in [5.41, 5.74) is 7.27. The lowest BCUT2D eigenvalue weighted by Crippen LogP contribution is -2.01. The summed E-state index contributed by atoms with van der Waals surface area (Å²) in [6, 6.07) is 44.2. The van der Waals surface area contributed by atoms with Crippen molar-refractivity contribution in [3.63, 3.8) is 0 Å². The van der Waals surface area contributed by atoms with Crippen LogP contribution < -0.4 is 0 Å². The second kappa shape index (κ2) is 9.80. The molecule has 0 radical (unpaired) electrons. The van der Waals surface area contributed by atoms with E-state index in [0.29, 0.717) is 23.4 Å². The van der Waals surface area contributed by atoms with Crippen molar-refractivity contribution in [2.24, 2.45) is 0 Å². The summed E-state index contributed by atoms with van der Waals surface area (Å²) in [4.78, 5) is 19.4. The molecule has 7 aromatic rings. The molecule has 0 saturated carbocycles. The highest BCUT2D eigenvalue weighted by Crippen LogP contribution is 2.34. The monoisotopic (exact) mass is 502 g/mol. The van der Waals surface area contributed by atoms with Crippen molar-refractivity contribution in [1.82, 2.24) is 19.9 Å². The van der Waals surface area contributed by atoms with E-state index in [9.17, 15) is 0 Å². The number of nitrogens with zero attached hydrogens (tertiary/aromatic N) is 4. The summed E-state index contributed by atoms with van der Waals surface area (Å²) in [6.07, 6.45) is 0. The van der Waals surface area contributed by atoms with Crippen LogP contribution in [0.1, 0.15) is 0 Å². The minimum atomic E-state index is 0.605. The van der Waals surface area contributed by atoms with Crippen molar-refractivity contribution in [2.45, 2.75) is 0 Å². The van der Waals surface area contributed by atoms with Gasteiger partial charge in [-0.3, -0.25) is 0 Å². The van der Waals surface area contributed by atoms with E-state index in [1.165, 1.54) is 0 Å². The molecule has 0 spiro atoms. The molecule has 0 aliphatic heterocycles. The lowest BCUT2D eigenvalue weighted by atomic mass is 9.98. The molecule has 184 valence electrons. The van der Waals surface area contributed by atoms with Gasteiger partial charge in [-0.15, -0.1) is 0 Å². The van der Waals surface area contributed by atoms with Gasteiger partial charge in [0.1, 0.15) is 5.52 Å². The molecular weight excluding hydrogens is 480 g/mol. The second-order valence-electron chi connectivity index (χ2n) is 9.15. The van der Waals surface area contributed by atoms with Gasteiger partial charge in [-0.25, -0.2) is 19.9 Å². The average Bonchev–Trinajstić information content (AvgIpc) is 3.46. The third-order valence-electron chi connectivity index (χ3n) is 6.59. The fourth-order valence-electron chi connectivity index (χ4n) is 4.66. The molecule has 7 rings (SSSR count). The highest BCUT2D eigenvalue weighted by Gasteiger charge is 2.16. The Balaban J connectivity index is 1.37. The fraction of sp³-hybridized carbons (Fsp3) is 0. The summed E-state index contributed by atoms with van der Waals surface area (Å²) in [7, 11) is 0. The van der Waals surface area contributed by atoms with Crippen LogP contribution in [0.25, 0.3) is 67.8 Å². The smallest absolute Gasteiger partial charge is 0.227 e. The Morgan fingerprint density at radius 2 is 0.897 bits per heavy atom. The van der Waals surface area contributed by atoms with Crippen LogP contribution in [-0.4, -0.2) is 19.9 Å². The minimum Gasteiger partial charge on any atom is -0.436 e. The van der Waals surface area contributed by atoms with E-state index in [0.717, 1.165) is 44.5 Å². The average molecular weight is 503 g/mol. The molecule has 39 heavy (non-hydrogen) atoms. The van der Waals surface area contributed by atoms with Crippen LogP contribution in [0, 0.1) is 0 Å². The summed E-state index contributed by atoms with van der Waals surface area (Å²) >= 11 is 0. The Morgan fingerprint density at radius 3 is 1.51 bits per heavy atom. The fourth-order valence-corrected chi connectivity index (χ4v) is 4.66. The quantitative estimate of drug-likeness (QED) is 0.237. The molecule has 0 unspecified atom stereocenters. The number of hydrogen-bond donors (Lipinski definition) is 0. The standard InChI is InChI=1S/C34H22N4O/c1-4-12-23(13-5-1)31-36-32(24-14-6-2-7-15-24)38-33(37-31)28-19-11-10-18-27(28)26-20-21-29-30(22-26)39-34(35-29)25-16-8-3-9-17-25/h1-22H. The molecule has 0 bridgehead atoms. The first kappa shape index (κ1) is 22.8. The molecule has 0 aliphatic rings. The summed E-state index contributed by atoms with van der Waals surface area (Å²) < 4.78 is 6.16. The largest absolute Gasteiger partial charge is 0.436 e. The van der Waals surface area contributed by atoms with Crippen LogP contribution in [0.2, 0.25) is 0 Å². The molecule has 0 amide bonds. The van der Waals surface area contributed by atoms with Crippen LogP contribution in [0.15, 0.2) is 138 Å². The number of hydrogen-bond acceptors (Lipinski definition) is 5. The molecule has 5 aromatic carbocycles. The first-order valence-corrected chi connectivity index (χ1v) is 12.7. The van der Waals surface area contributed by atoms with Crippen molar-refractivity contribution in [3.05, 3.63) is 133 Å². The highest BCUT2D eigenvalue weighted by molar-refractivity contribution is 5.87. The van der Waals surface area contributed by atoms with Crippen LogP contribution in [-0.2, 0) is 0 Å². The van der Waals surface area contributed by atoms with Crippen LogP contribution in [0.5, 0.6) is 0 Å². The van der Waals surface area contributed by atoms with Crippen molar-refractivity contribution >= 4 is 11.1 Å². The molecule has 2 heterocycles. The zero-order valence-corrected chi connectivity index (χ0v) is 20.9. The van der Waals surface area contributed by atoms with Gasteiger partial charge in [0, 0.05) is 22.3 Å². The Hall–Kier alpha value is -5.42. The molecular formula is C34H22N4O. The number of oxazole rings is 1. The van der Waals surface area contributed by atoms with Crippen molar-refractivity contribution in [2.75, 3.05) is 0 Å². The van der Waals surface area contributed by atoms with Crippen LogP contribution >= 0.6 is 0 Å². The summed E-state index contributed by atoms with van der Waals surface area (Å²) in [5, 5.41) is 0. The van der Waals surface area contributed by atoms with E-state index in [2.05, 4.69) is 17.1 Å².